The summed E-state index contributed by atoms with van der Waals surface area (Å²) in [5, 5.41) is 5.98. The molecule has 21 heavy (non-hydrogen) atoms. The van der Waals surface area contributed by atoms with Gasteiger partial charge in [-0.15, -0.1) is 0 Å². The van der Waals surface area contributed by atoms with Gasteiger partial charge in [0.15, 0.2) is 0 Å². The van der Waals surface area contributed by atoms with E-state index in [1.54, 1.807) is 6.20 Å². The number of aromatic nitrogens is 2. The molecule has 108 valence electrons. The topological polar surface area (TPSA) is 66.9 Å². The Hall–Kier alpha value is -2.43. The van der Waals surface area contributed by atoms with Crippen molar-refractivity contribution in [2.45, 2.75) is 19.3 Å². The zero-order valence-electron chi connectivity index (χ0n) is 12.0. The lowest BCUT2D eigenvalue weighted by atomic mass is 9.77. The molecule has 0 radical (unpaired) electrons. The molecular weight excluding hydrogens is 264 g/mol. The highest BCUT2D eigenvalue weighted by molar-refractivity contribution is 5.92. The summed E-state index contributed by atoms with van der Waals surface area (Å²) in [4.78, 5) is 20.3. The first-order valence-electron chi connectivity index (χ1n) is 7.20. The summed E-state index contributed by atoms with van der Waals surface area (Å²) in [7, 11) is 0. The molecule has 0 saturated heterocycles. The number of amides is 1. The minimum absolute atomic E-state index is 0.171. The van der Waals surface area contributed by atoms with Crippen molar-refractivity contribution in [3.8, 4) is 0 Å². The van der Waals surface area contributed by atoms with E-state index in [4.69, 9.17) is 0 Å². The standard InChI is InChI=1S/C16H18N4O/c1-2-17-15-10-18-14(9-19-15)16(21)20-8-12-7-11-5-3-4-6-13(11)12/h3-6,9-10,12H,2,7-8H2,1H3,(H,17,19)(H,20,21). The Kier molecular flexibility index (Phi) is 3.81. The van der Waals surface area contributed by atoms with Crippen LogP contribution in [-0.4, -0.2) is 29.0 Å². The van der Waals surface area contributed by atoms with Crippen LogP contribution in [0.3, 0.4) is 0 Å². The maximum absolute atomic E-state index is 12.0. The van der Waals surface area contributed by atoms with Gasteiger partial charge in [0.25, 0.3) is 5.91 Å². The number of anilines is 1. The quantitative estimate of drug-likeness (QED) is 0.880. The van der Waals surface area contributed by atoms with Crippen LogP contribution >= 0.6 is 0 Å². The minimum Gasteiger partial charge on any atom is -0.369 e. The van der Waals surface area contributed by atoms with E-state index in [9.17, 15) is 4.79 Å². The number of hydrogen-bond acceptors (Lipinski definition) is 4. The van der Waals surface area contributed by atoms with E-state index in [1.807, 2.05) is 13.0 Å². The second-order valence-electron chi connectivity index (χ2n) is 5.13. The third-order valence-corrected chi connectivity index (χ3v) is 3.71. The fraction of sp³-hybridized carbons (Fsp3) is 0.312. The predicted molar refractivity (Wildman–Crippen MR) is 81.4 cm³/mol. The Bertz CT molecular complexity index is 639. The highest BCUT2D eigenvalue weighted by Gasteiger charge is 2.25. The van der Waals surface area contributed by atoms with Crippen LogP contribution in [0.4, 0.5) is 5.82 Å². The molecule has 1 atom stereocenters. The van der Waals surface area contributed by atoms with Gasteiger partial charge in [-0.05, 0) is 24.5 Å². The molecule has 0 fully saturated rings. The summed E-state index contributed by atoms with van der Waals surface area (Å²) in [5.74, 6) is 0.927. The summed E-state index contributed by atoms with van der Waals surface area (Å²) in [6.07, 6.45) is 4.11. The molecule has 2 N–H and O–H groups in total. The molecule has 5 heteroatoms. The van der Waals surface area contributed by atoms with Crippen LogP contribution in [-0.2, 0) is 6.42 Å². The van der Waals surface area contributed by atoms with E-state index in [1.165, 1.54) is 17.3 Å². The molecule has 0 aliphatic heterocycles. The van der Waals surface area contributed by atoms with Gasteiger partial charge in [0, 0.05) is 19.0 Å². The number of carbonyl (C=O) groups excluding carboxylic acids is 1. The molecule has 1 aromatic heterocycles. The van der Waals surface area contributed by atoms with Gasteiger partial charge in [0.2, 0.25) is 0 Å². The van der Waals surface area contributed by atoms with Crippen molar-refractivity contribution >= 4 is 11.7 Å². The van der Waals surface area contributed by atoms with Crippen molar-refractivity contribution in [2.75, 3.05) is 18.4 Å². The molecule has 1 aromatic carbocycles. The van der Waals surface area contributed by atoms with Gasteiger partial charge in [-0.25, -0.2) is 9.97 Å². The van der Waals surface area contributed by atoms with Gasteiger partial charge >= 0.3 is 0 Å². The van der Waals surface area contributed by atoms with E-state index in [2.05, 4.69) is 38.8 Å². The van der Waals surface area contributed by atoms with Crippen molar-refractivity contribution in [3.63, 3.8) is 0 Å². The van der Waals surface area contributed by atoms with Gasteiger partial charge in [-0.3, -0.25) is 4.79 Å². The summed E-state index contributed by atoms with van der Waals surface area (Å²) < 4.78 is 0. The van der Waals surface area contributed by atoms with Gasteiger partial charge in [-0.1, -0.05) is 24.3 Å². The van der Waals surface area contributed by atoms with Crippen LogP contribution in [0.5, 0.6) is 0 Å². The van der Waals surface area contributed by atoms with E-state index in [0.29, 0.717) is 24.0 Å². The van der Waals surface area contributed by atoms with Crippen LogP contribution < -0.4 is 10.6 Å². The zero-order chi connectivity index (χ0) is 14.7. The average Bonchev–Trinajstić information content (AvgIpc) is 2.49. The lowest BCUT2D eigenvalue weighted by Crippen LogP contribution is -2.33. The first-order valence-corrected chi connectivity index (χ1v) is 7.20. The van der Waals surface area contributed by atoms with Gasteiger partial charge in [-0.2, -0.15) is 0 Å². The van der Waals surface area contributed by atoms with Crippen LogP contribution in [0.15, 0.2) is 36.7 Å². The number of benzene rings is 1. The molecule has 1 amide bonds. The maximum Gasteiger partial charge on any atom is 0.271 e. The highest BCUT2D eigenvalue weighted by atomic mass is 16.1. The molecule has 1 unspecified atom stereocenters. The van der Waals surface area contributed by atoms with Crippen LogP contribution in [0.25, 0.3) is 0 Å². The van der Waals surface area contributed by atoms with E-state index >= 15 is 0 Å². The Labute approximate surface area is 123 Å². The van der Waals surface area contributed by atoms with Crippen LogP contribution in [0, 0.1) is 0 Å². The first-order chi connectivity index (χ1) is 10.3. The Morgan fingerprint density at radius 1 is 1.29 bits per heavy atom. The van der Waals surface area contributed by atoms with Gasteiger partial charge < -0.3 is 10.6 Å². The molecule has 0 spiro atoms. The van der Waals surface area contributed by atoms with Crippen molar-refractivity contribution in [1.82, 2.24) is 15.3 Å². The Balaban J connectivity index is 1.55. The third kappa shape index (κ3) is 2.86. The summed E-state index contributed by atoms with van der Waals surface area (Å²) in [5.41, 5.74) is 3.07. The molecule has 5 nitrogen and oxygen atoms in total. The maximum atomic E-state index is 12.0. The van der Waals surface area contributed by atoms with Crippen LogP contribution in [0.2, 0.25) is 0 Å². The van der Waals surface area contributed by atoms with E-state index < -0.39 is 0 Å². The number of hydrogen-bond donors (Lipinski definition) is 2. The van der Waals surface area contributed by atoms with Crippen molar-refractivity contribution in [1.29, 1.82) is 0 Å². The van der Waals surface area contributed by atoms with Crippen molar-refractivity contribution < 1.29 is 4.79 Å². The SMILES string of the molecule is CCNc1cnc(C(=O)NCC2Cc3ccccc32)cn1. The molecule has 1 aliphatic rings. The number of fused-ring (bicyclic) bond motifs is 1. The summed E-state index contributed by atoms with van der Waals surface area (Å²) in [6.45, 7) is 3.41. The number of rotatable bonds is 5. The molecule has 3 rings (SSSR count). The Morgan fingerprint density at radius 3 is 2.86 bits per heavy atom. The third-order valence-electron chi connectivity index (χ3n) is 3.71. The fourth-order valence-corrected chi connectivity index (χ4v) is 2.57. The first kappa shape index (κ1) is 13.5. The minimum atomic E-state index is -0.171. The van der Waals surface area contributed by atoms with Gasteiger partial charge in [0.1, 0.15) is 11.5 Å². The predicted octanol–water partition coefficient (Wildman–Crippen LogP) is 1.98. The Morgan fingerprint density at radius 2 is 2.14 bits per heavy atom. The molecule has 1 heterocycles. The normalized spacial score (nSPS) is 15.8. The monoisotopic (exact) mass is 282 g/mol. The largest absolute Gasteiger partial charge is 0.369 e. The second-order valence-corrected chi connectivity index (χ2v) is 5.13. The second kappa shape index (κ2) is 5.91. The summed E-state index contributed by atoms with van der Waals surface area (Å²) in [6, 6.07) is 8.35. The number of nitrogens with one attached hydrogen (secondary N) is 2. The number of carbonyl (C=O) groups is 1. The van der Waals surface area contributed by atoms with E-state index in [-0.39, 0.29) is 5.91 Å². The fourth-order valence-electron chi connectivity index (χ4n) is 2.57. The average molecular weight is 282 g/mol. The molecule has 0 saturated carbocycles. The molecule has 0 bridgehead atoms. The molecule has 2 aromatic rings. The van der Waals surface area contributed by atoms with Gasteiger partial charge in [0.05, 0.1) is 12.4 Å². The highest BCUT2D eigenvalue weighted by Crippen LogP contribution is 2.33. The lowest BCUT2D eigenvalue weighted by molar-refractivity contribution is 0.0944. The summed E-state index contributed by atoms with van der Waals surface area (Å²) >= 11 is 0. The van der Waals surface area contributed by atoms with Crippen molar-refractivity contribution in [3.05, 3.63) is 53.5 Å². The lowest BCUT2D eigenvalue weighted by Gasteiger charge is -2.30. The smallest absolute Gasteiger partial charge is 0.271 e. The van der Waals surface area contributed by atoms with Crippen molar-refractivity contribution in [2.24, 2.45) is 0 Å². The molecule has 1 aliphatic carbocycles. The van der Waals surface area contributed by atoms with E-state index in [0.717, 1.165) is 13.0 Å². The zero-order valence-corrected chi connectivity index (χ0v) is 12.0. The van der Waals surface area contributed by atoms with Crippen LogP contribution in [0.1, 0.15) is 34.5 Å². The molecular formula is C16H18N4O. The number of nitrogens with zero attached hydrogens (tertiary/aromatic N) is 2.